The predicted molar refractivity (Wildman–Crippen MR) is 65.8 cm³/mol. The molecule has 4 heteroatoms. The first-order chi connectivity index (χ1) is 7.79. The number of benzene rings is 1. The lowest BCUT2D eigenvalue weighted by atomic mass is 10.1. The van der Waals surface area contributed by atoms with Crippen LogP contribution in [0.5, 0.6) is 0 Å². The van der Waals surface area contributed by atoms with E-state index in [1.165, 1.54) is 0 Å². The number of carbonyl (C=O) groups excluding carboxylic acids is 1. The summed E-state index contributed by atoms with van der Waals surface area (Å²) in [7, 11) is 0. The molecule has 2 rings (SSSR count). The minimum absolute atomic E-state index is 0.0831. The first-order valence-corrected chi connectivity index (χ1v) is 5.67. The standard InChI is InChI=1S/C12H17N3O/c1-2-13-5-6-14-10-3-4-11-9(7-10)8-12(16)15-11/h3-4,7,13-14H,2,5-6,8H2,1H3,(H,15,16). The fourth-order valence-corrected chi connectivity index (χ4v) is 1.81. The Balaban J connectivity index is 1.92. The summed E-state index contributed by atoms with van der Waals surface area (Å²) in [5.74, 6) is 0.0831. The van der Waals surface area contributed by atoms with Crippen LogP contribution in [0.4, 0.5) is 11.4 Å². The SMILES string of the molecule is CCNCCNc1ccc2c(c1)CC(=O)N2. The zero-order valence-corrected chi connectivity index (χ0v) is 9.47. The Morgan fingerprint density at radius 1 is 1.38 bits per heavy atom. The molecule has 0 aromatic heterocycles. The number of anilines is 2. The van der Waals surface area contributed by atoms with E-state index in [-0.39, 0.29) is 5.91 Å². The van der Waals surface area contributed by atoms with Crippen molar-refractivity contribution >= 4 is 17.3 Å². The molecular weight excluding hydrogens is 202 g/mol. The van der Waals surface area contributed by atoms with Crippen molar-refractivity contribution in [2.24, 2.45) is 0 Å². The van der Waals surface area contributed by atoms with Gasteiger partial charge in [-0.1, -0.05) is 6.92 Å². The monoisotopic (exact) mass is 219 g/mol. The highest BCUT2D eigenvalue weighted by Gasteiger charge is 2.16. The molecule has 0 saturated heterocycles. The quantitative estimate of drug-likeness (QED) is 0.652. The Kier molecular flexibility index (Phi) is 3.41. The third-order valence-electron chi connectivity index (χ3n) is 2.61. The molecule has 16 heavy (non-hydrogen) atoms. The van der Waals surface area contributed by atoms with Gasteiger partial charge >= 0.3 is 0 Å². The maximum absolute atomic E-state index is 11.2. The molecular formula is C12H17N3O. The van der Waals surface area contributed by atoms with Gasteiger partial charge in [-0.2, -0.15) is 0 Å². The minimum Gasteiger partial charge on any atom is -0.384 e. The average Bonchev–Trinajstić information content (AvgIpc) is 2.64. The van der Waals surface area contributed by atoms with Crippen molar-refractivity contribution in [2.45, 2.75) is 13.3 Å². The summed E-state index contributed by atoms with van der Waals surface area (Å²) >= 11 is 0. The largest absolute Gasteiger partial charge is 0.384 e. The van der Waals surface area contributed by atoms with E-state index in [9.17, 15) is 4.79 Å². The molecule has 0 fully saturated rings. The van der Waals surface area contributed by atoms with Crippen LogP contribution < -0.4 is 16.0 Å². The van der Waals surface area contributed by atoms with Crippen LogP contribution in [0.25, 0.3) is 0 Å². The van der Waals surface area contributed by atoms with Gasteiger partial charge in [0.2, 0.25) is 5.91 Å². The zero-order chi connectivity index (χ0) is 11.4. The summed E-state index contributed by atoms with van der Waals surface area (Å²) in [5.41, 5.74) is 3.11. The van der Waals surface area contributed by atoms with Gasteiger partial charge in [0.05, 0.1) is 6.42 Å². The van der Waals surface area contributed by atoms with Gasteiger partial charge in [0.15, 0.2) is 0 Å². The summed E-state index contributed by atoms with van der Waals surface area (Å²) in [5, 5.41) is 9.39. The molecule has 86 valence electrons. The van der Waals surface area contributed by atoms with Crippen LogP contribution in [0.2, 0.25) is 0 Å². The van der Waals surface area contributed by atoms with Crippen LogP contribution in [-0.4, -0.2) is 25.5 Å². The van der Waals surface area contributed by atoms with E-state index < -0.39 is 0 Å². The van der Waals surface area contributed by atoms with Crippen molar-refractivity contribution in [1.82, 2.24) is 5.32 Å². The highest BCUT2D eigenvalue weighted by atomic mass is 16.1. The molecule has 1 aliphatic rings. The minimum atomic E-state index is 0.0831. The summed E-state index contributed by atoms with van der Waals surface area (Å²) in [6.45, 7) is 4.93. The van der Waals surface area contributed by atoms with E-state index >= 15 is 0 Å². The highest BCUT2D eigenvalue weighted by molar-refractivity contribution is 5.99. The Morgan fingerprint density at radius 2 is 2.25 bits per heavy atom. The van der Waals surface area contributed by atoms with E-state index in [0.29, 0.717) is 6.42 Å². The van der Waals surface area contributed by atoms with Crippen LogP contribution in [0.15, 0.2) is 18.2 Å². The maximum atomic E-state index is 11.2. The first kappa shape index (κ1) is 11.0. The van der Waals surface area contributed by atoms with Crippen molar-refractivity contribution in [2.75, 3.05) is 30.3 Å². The number of nitrogens with one attached hydrogen (secondary N) is 3. The van der Waals surface area contributed by atoms with Crippen LogP contribution >= 0.6 is 0 Å². The second-order valence-electron chi connectivity index (χ2n) is 3.88. The van der Waals surface area contributed by atoms with Gasteiger partial charge in [-0.15, -0.1) is 0 Å². The van der Waals surface area contributed by atoms with Gasteiger partial charge in [-0.05, 0) is 30.3 Å². The van der Waals surface area contributed by atoms with Gasteiger partial charge in [-0.3, -0.25) is 4.79 Å². The molecule has 0 aliphatic carbocycles. The molecule has 0 spiro atoms. The predicted octanol–water partition coefficient (Wildman–Crippen LogP) is 1.20. The van der Waals surface area contributed by atoms with Gasteiger partial charge in [-0.25, -0.2) is 0 Å². The topological polar surface area (TPSA) is 53.2 Å². The lowest BCUT2D eigenvalue weighted by Crippen LogP contribution is -2.21. The average molecular weight is 219 g/mol. The van der Waals surface area contributed by atoms with Crippen molar-refractivity contribution in [3.63, 3.8) is 0 Å². The molecule has 1 heterocycles. The van der Waals surface area contributed by atoms with Crippen LogP contribution in [0.1, 0.15) is 12.5 Å². The second kappa shape index (κ2) is 4.99. The molecule has 1 aromatic rings. The first-order valence-electron chi connectivity index (χ1n) is 5.67. The maximum Gasteiger partial charge on any atom is 0.228 e. The smallest absolute Gasteiger partial charge is 0.228 e. The number of hydrogen-bond donors (Lipinski definition) is 3. The summed E-state index contributed by atoms with van der Waals surface area (Å²) in [6.07, 6.45) is 0.498. The molecule has 1 amide bonds. The Hall–Kier alpha value is -1.55. The van der Waals surface area contributed by atoms with E-state index in [1.807, 2.05) is 18.2 Å². The Morgan fingerprint density at radius 3 is 3.06 bits per heavy atom. The number of amides is 1. The number of fused-ring (bicyclic) bond motifs is 1. The third kappa shape index (κ3) is 2.52. The van der Waals surface area contributed by atoms with Crippen LogP contribution in [-0.2, 0) is 11.2 Å². The van der Waals surface area contributed by atoms with Gasteiger partial charge < -0.3 is 16.0 Å². The third-order valence-corrected chi connectivity index (χ3v) is 2.61. The molecule has 3 N–H and O–H groups in total. The molecule has 1 aliphatic heterocycles. The van der Waals surface area contributed by atoms with Gasteiger partial charge in [0, 0.05) is 24.5 Å². The fraction of sp³-hybridized carbons (Fsp3) is 0.417. The van der Waals surface area contributed by atoms with Gasteiger partial charge in [0.1, 0.15) is 0 Å². The van der Waals surface area contributed by atoms with Crippen molar-refractivity contribution < 1.29 is 4.79 Å². The van der Waals surface area contributed by atoms with Crippen molar-refractivity contribution in [1.29, 1.82) is 0 Å². The Bertz CT molecular complexity index is 390. The Labute approximate surface area is 95.4 Å². The summed E-state index contributed by atoms with van der Waals surface area (Å²) in [4.78, 5) is 11.2. The summed E-state index contributed by atoms with van der Waals surface area (Å²) in [6, 6.07) is 5.99. The number of hydrogen-bond acceptors (Lipinski definition) is 3. The number of carbonyl (C=O) groups is 1. The highest BCUT2D eigenvalue weighted by Crippen LogP contribution is 2.25. The van der Waals surface area contributed by atoms with E-state index in [4.69, 9.17) is 0 Å². The van der Waals surface area contributed by atoms with E-state index in [2.05, 4.69) is 22.9 Å². The lowest BCUT2D eigenvalue weighted by Gasteiger charge is -2.08. The molecule has 0 radical (unpaired) electrons. The number of likely N-dealkylation sites (N-methyl/N-ethyl adjacent to an activating group) is 1. The lowest BCUT2D eigenvalue weighted by molar-refractivity contribution is -0.115. The zero-order valence-electron chi connectivity index (χ0n) is 9.47. The summed E-state index contributed by atoms with van der Waals surface area (Å²) < 4.78 is 0. The molecule has 0 unspecified atom stereocenters. The van der Waals surface area contributed by atoms with Crippen molar-refractivity contribution in [3.05, 3.63) is 23.8 Å². The fourth-order valence-electron chi connectivity index (χ4n) is 1.81. The van der Waals surface area contributed by atoms with Crippen LogP contribution in [0, 0.1) is 0 Å². The van der Waals surface area contributed by atoms with E-state index in [1.54, 1.807) is 0 Å². The molecule has 4 nitrogen and oxygen atoms in total. The van der Waals surface area contributed by atoms with Crippen molar-refractivity contribution in [3.8, 4) is 0 Å². The molecule has 0 atom stereocenters. The normalized spacial score (nSPS) is 13.4. The van der Waals surface area contributed by atoms with Gasteiger partial charge in [0.25, 0.3) is 0 Å². The second-order valence-corrected chi connectivity index (χ2v) is 3.88. The molecule has 0 bridgehead atoms. The van der Waals surface area contributed by atoms with Crippen LogP contribution in [0.3, 0.4) is 0 Å². The molecule has 0 saturated carbocycles. The molecule has 1 aromatic carbocycles. The van der Waals surface area contributed by atoms with E-state index in [0.717, 1.165) is 36.6 Å². The number of rotatable bonds is 5.